The van der Waals surface area contributed by atoms with Crippen LogP contribution in [0, 0.1) is 11.3 Å². The van der Waals surface area contributed by atoms with Crippen molar-refractivity contribution in [1.82, 2.24) is 4.90 Å². The molecule has 1 aliphatic heterocycles. The van der Waals surface area contributed by atoms with E-state index in [4.69, 9.17) is 4.74 Å². The maximum Gasteiger partial charge on any atom is 0.0556 e. The van der Waals surface area contributed by atoms with E-state index in [1.54, 1.807) is 0 Å². The smallest absolute Gasteiger partial charge is 0.0556 e. The van der Waals surface area contributed by atoms with Crippen LogP contribution in [0.25, 0.3) is 0 Å². The van der Waals surface area contributed by atoms with Crippen molar-refractivity contribution in [1.29, 1.82) is 0 Å². The molecule has 2 unspecified atom stereocenters. The van der Waals surface area contributed by atoms with E-state index in [2.05, 4.69) is 32.7 Å². The predicted octanol–water partition coefficient (Wildman–Crippen LogP) is 1.75. The first-order valence-corrected chi connectivity index (χ1v) is 6.39. The van der Waals surface area contributed by atoms with E-state index in [1.165, 1.54) is 0 Å². The number of nitrogens with zero attached hydrogens (tertiary/aromatic N) is 1. The van der Waals surface area contributed by atoms with Gasteiger partial charge in [-0.1, -0.05) is 13.8 Å². The Hall–Kier alpha value is -0.120. The predicted molar refractivity (Wildman–Crippen MR) is 66.5 cm³/mol. The molecule has 0 aromatic heterocycles. The third kappa shape index (κ3) is 3.44. The van der Waals surface area contributed by atoms with Gasteiger partial charge in [-0.05, 0) is 32.7 Å². The third-order valence-electron chi connectivity index (χ3n) is 3.98. The van der Waals surface area contributed by atoms with Gasteiger partial charge in [0.05, 0.1) is 13.2 Å². The molecule has 0 radical (unpaired) electrons. The molecule has 0 saturated carbocycles. The number of aliphatic hydroxyl groups excluding tert-OH is 1. The van der Waals surface area contributed by atoms with Crippen LogP contribution in [0.15, 0.2) is 0 Å². The Kier molecular flexibility index (Phi) is 5.22. The van der Waals surface area contributed by atoms with Gasteiger partial charge >= 0.3 is 0 Å². The molecule has 0 aromatic carbocycles. The monoisotopic (exact) mass is 229 g/mol. The van der Waals surface area contributed by atoms with Crippen LogP contribution in [0.1, 0.15) is 33.6 Å². The zero-order valence-electron chi connectivity index (χ0n) is 11.2. The second-order valence-corrected chi connectivity index (χ2v) is 5.71. The summed E-state index contributed by atoms with van der Waals surface area (Å²) in [5, 5.41) is 9.60. The van der Waals surface area contributed by atoms with Gasteiger partial charge in [-0.3, -0.25) is 0 Å². The Balaban J connectivity index is 2.54. The molecular formula is C13H27NO2. The van der Waals surface area contributed by atoms with Crippen molar-refractivity contribution in [3.63, 3.8) is 0 Å². The summed E-state index contributed by atoms with van der Waals surface area (Å²) in [6, 6.07) is 0.547. The van der Waals surface area contributed by atoms with Crippen LogP contribution in [-0.2, 0) is 4.74 Å². The third-order valence-corrected chi connectivity index (χ3v) is 3.98. The molecule has 0 spiro atoms. The van der Waals surface area contributed by atoms with Gasteiger partial charge in [0, 0.05) is 24.6 Å². The lowest BCUT2D eigenvalue weighted by molar-refractivity contribution is -0.0582. The molecule has 1 heterocycles. The van der Waals surface area contributed by atoms with Crippen molar-refractivity contribution in [3.05, 3.63) is 0 Å². The van der Waals surface area contributed by atoms with E-state index in [-0.39, 0.29) is 12.0 Å². The van der Waals surface area contributed by atoms with Crippen LogP contribution < -0.4 is 0 Å². The van der Waals surface area contributed by atoms with E-state index in [0.29, 0.717) is 18.6 Å². The summed E-state index contributed by atoms with van der Waals surface area (Å²) in [5.41, 5.74) is -0.0316. The summed E-state index contributed by atoms with van der Waals surface area (Å²) in [6.07, 6.45) is 2.16. The molecule has 1 aliphatic rings. The molecule has 1 N–H and O–H groups in total. The summed E-state index contributed by atoms with van der Waals surface area (Å²) >= 11 is 0. The lowest BCUT2D eigenvalue weighted by Gasteiger charge is -2.41. The minimum atomic E-state index is -0.0316. The summed E-state index contributed by atoms with van der Waals surface area (Å²) < 4.78 is 5.53. The molecule has 0 amide bonds. The molecular weight excluding hydrogens is 202 g/mol. The second-order valence-electron chi connectivity index (χ2n) is 5.71. The van der Waals surface area contributed by atoms with E-state index in [9.17, 15) is 5.11 Å². The van der Waals surface area contributed by atoms with Gasteiger partial charge in [0.25, 0.3) is 0 Å². The normalized spacial score (nSPS) is 28.7. The SMILES string of the molecule is CC(C)C(C)N(C)CC1(CO)CCCOC1. The molecule has 2 atom stereocenters. The number of ether oxygens (including phenoxy) is 1. The van der Waals surface area contributed by atoms with E-state index >= 15 is 0 Å². The Morgan fingerprint density at radius 3 is 2.50 bits per heavy atom. The van der Waals surface area contributed by atoms with Crippen molar-refractivity contribution in [2.45, 2.75) is 39.7 Å². The lowest BCUT2D eigenvalue weighted by Crippen LogP contribution is -2.47. The first kappa shape index (κ1) is 13.9. The van der Waals surface area contributed by atoms with Crippen molar-refractivity contribution in [2.24, 2.45) is 11.3 Å². The Bertz CT molecular complexity index is 200. The summed E-state index contributed by atoms with van der Waals surface area (Å²) in [4.78, 5) is 2.36. The van der Waals surface area contributed by atoms with Crippen LogP contribution in [0.3, 0.4) is 0 Å². The van der Waals surface area contributed by atoms with Gasteiger partial charge in [0.1, 0.15) is 0 Å². The first-order chi connectivity index (χ1) is 7.51. The van der Waals surface area contributed by atoms with Gasteiger partial charge in [0.2, 0.25) is 0 Å². The molecule has 1 saturated heterocycles. The van der Waals surface area contributed by atoms with Crippen LogP contribution in [0.2, 0.25) is 0 Å². The average Bonchev–Trinajstić information content (AvgIpc) is 2.29. The summed E-state index contributed by atoms with van der Waals surface area (Å²) in [7, 11) is 2.15. The van der Waals surface area contributed by atoms with Gasteiger partial charge < -0.3 is 14.7 Å². The quantitative estimate of drug-likeness (QED) is 0.779. The van der Waals surface area contributed by atoms with Crippen molar-refractivity contribution >= 4 is 0 Å². The number of hydrogen-bond acceptors (Lipinski definition) is 3. The lowest BCUT2D eigenvalue weighted by atomic mass is 9.82. The number of hydrogen-bond donors (Lipinski definition) is 1. The van der Waals surface area contributed by atoms with Crippen molar-refractivity contribution in [3.8, 4) is 0 Å². The largest absolute Gasteiger partial charge is 0.396 e. The van der Waals surface area contributed by atoms with Crippen molar-refractivity contribution < 1.29 is 9.84 Å². The summed E-state index contributed by atoms with van der Waals surface area (Å²) in [5.74, 6) is 0.644. The first-order valence-electron chi connectivity index (χ1n) is 6.39. The zero-order valence-corrected chi connectivity index (χ0v) is 11.2. The number of aliphatic hydroxyl groups is 1. The highest BCUT2D eigenvalue weighted by Gasteiger charge is 2.34. The van der Waals surface area contributed by atoms with Crippen LogP contribution in [-0.4, -0.2) is 49.5 Å². The van der Waals surface area contributed by atoms with Crippen molar-refractivity contribution in [2.75, 3.05) is 33.4 Å². The minimum absolute atomic E-state index is 0.0316. The van der Waals surface area contributed by atoms with Gasteiger partial charge in [-0.15, -0.1) is 0 Å². The molecule has 0 bridgehead atoms. The molecule has 96 valence electrons. The van der Waals surface area contributed by atoms with Gasteiger partial charge in [-0.25, -0.2) is 0 Å². The minimum Gasteiger partial charge on any atom is -0.396 e. The zero-order chi connectivity index (χ0) is 12.2. The topological polar surface area (TPSA) is 32.7 Å². The molecule has 1 rings (SSSR count). The second kappa shape index (κ2) is 5.99. The van der Waals surface area contributed by atoms with Crippen LogP contribution in [0.5, 0.6) is 0 Å². The number of rotatable bonds is 5. The summed E-state index contributed by atoms with van der Waals surface area (Å²) in [6.45, 7) is 9.46. The maximum absolute atomic E-state index is 9.60. The molecule has 0 aliphatic carbocycles. The molecule has 1 fully saturated rings. The van der Waals surface area contributed by atoms with Crippen LogP contribution in [0.4, 0.5) is 0 Å². The highest BCUT2D eigenvalue weighted by Crippen LogP contribution is 2.29. The standard InChI is InChI=1S/C13H27NO2/c1-11(2)12(3)14(4)8-13(9-15)6-5-7-16-10-13/h11-12,15H,5-10H2,1-4H3. The van der Waals surface area contributed by atoms with Gasteiger partial charge in [0.15, 0.2) is 0 Å². The fraction of sp³-hybridized carbons (Fsp3) is 1.00. The molecule has 0 aromatic rings. The van der Waals surface area contributed by atoms with E-state index < -0.39 is 0 Å². The van der Waals surface area contributed by atoms with E-state index in [1.807, 2.05) is 0 Å². The fourth-order valence-electron chi connectivity index (χ4n) is 2.39. The molecule has 3 heteroatoms. The van der Waals surface area contributed by atoms with E-state index in [0.717, 1.165) is 26.0 Å². The maximum atomic E-state index is 9.60. The highest BCUT2D eigenvalue weighted by atomic mass is 16.5. The average molecular weight is 229 g/mol. The van der Waals surface area contributed by atoms with Crippen LogP contribution >= 0.6 is 0 Å². The molecule has 16 heavy (non-hydrogen) atoms. The highest BCUT2D eigenvalue weighted by molar-refractivity contribution is 4.85. The Morgan fingerprint density at radius 2 is 2.06 bits per heavy atom. The fourth-order valence-corrected chi connectivity index (χ4v) is 2.39. The van der Waals surface area contributed by atoms with Gasteiger partial charge in [-0.2, -0.15) is 0 Å². The molecule has 3 nitrogen and oxygen atoms in total. The Morgan fingerprint density at radius 1 is 1.38 bits per heavy atom. The Labute approximate surface area is 99.8 Å².